The van der Waals surface area contributed by atoms with Gasteiger partial charge in [0.2, 0.25) is 11.7 Å². The highest BCUT2D eigenvalue weighted by Gasteiger charge is 2.65. The van der Waals surface area contributed by atoms with E-state index in [2.05, 4.69) is 24.9 Å². The van der Waals surface area contributed by atoms with Crippen molar-refractivity contribution in [2.24, 2.45) is 22.9 Å². The number of nitro benzene ring substituents is 1. The van der Waals surface area contributed by atoms with Crippen LogP contribution in [0, 0.1) is 27.9 Å². The summed E-state index contributed by atoms with van der Waals surface area (Å²) in [5.74, 6) is -2.16. The van der Waals surface area contributed by atoms with Gasteiger partial charge in [0, 0.05) is 62.4 Å². The van der Waals surface area contributed by atoms with Crippen LogP contribution in [0.15, 0.2) is 78.0 Å². The summed E-state index contributed by atoms with van der Waals surface area (Å²) in [6.07, 6.45) is 22.6. The summed E-state index contributed by atoms with van der Waals surface area (Å²) in [4.78, 5) is 46.6. The minimum Gasteiger partial charge on any atom is -0.459 e. The van der Waals surface area contributed by atoms with Crippen LogP contribution in [0.25, 0.3) is 6.08 Å². The first-order valence-corrected chi connectivity index (χ1v) is 26.2. The average molecular weight is 989 g/mol. The predicted molar refractivity (Wildman–Crippen MR) is 274 cm³/mol. The summed E-state index contributed by atoms with van der Waals surface area (Å²) < 4.78 is 26.1. The molecule has 0 saturated heterocycles. The van der Waals surface area contributed by atoms with Crippen molar-refractivity contribution in [3.63, 3.8) is 0 Å². The lowest BCUT2D eigenvalue weighted by atomic mass is 9.55. The van der Waals surface area contributed by atoms with E-state index in [9.17, 15) is 35.0 Å². The Morgan fingerprint density at radius 1 is 0.915 bits per heavy atom. The third-order valence-electron chi connectivity index (χ3n) is 13.9. The van der Waals surface area contributed by atoms with Crippen LogP contribution >= 0.6 is 0 Å². The number of nitro groups is 1. The van der Waals surface area contributed by atoms with E-state index in [1.165, 1.54) is 63.2 Å². The van der Waals surface area contributed by atoms with Crippen LogP contribution in [0.1, 0.15) is 140 Å². The maximum atomic E-state index is 14.8. The van der Waals surface area contributed by atoms with Crippen molar-refractivity contribution in [3.8, 4) is 11.5 Å². The Morgan fingerprint density at radius 2 is 1.62 bits per heavy atom. The molecule has 0 spiro atoms. The summed E-state index contributed by atoms with van der Waals surface area (Å²) in [6, 6.07) is 10.4. The van der Waals surface area contributed by atoms with Crippen LogP contribution in [-0.2, 0) is 19.1 Å². The number of aliphatic hydroxyl groups excluding tert-OH is 3. The quantitative estimate of drug-likeness (QED) is 0.0170. The normalized spacial score (nSPS) is 21.7. The Bertz CT molecular complexity index is 2060. The number of amides is 2. The molecule has 0 aromatic heterocycles. The second kappa shape index (κ2) is 30.7. The number of fused-ring (bicyclic) bond motifs is 2. The standard InChI is InChI=1S/C55H80N4O12/c1-4-7-8-9-10-11-12-13-14-17-30-56-54(64)70-44-27-28-49-47(39-44)52-45(21-16-19-33-61)42(20-15-18-32-60)38-46-48(57-69-6-3)40-50(55(71-49,53(46)52)68-35-5-2)58(31-36-67-37-34-62)51(63)29-24-41-22-25-43(26-23-41)59(65)66/h5,22-29,38-39,42,45,50,52-53,60-62H,2,4,6-21,30-37,40H2,1,3H3,(H,56,64)/t42-,45+,50-,52+,53+,55+/m0/s1. The zero-order chi connectivity index (χ0) is 50.9. The summed E-state index contributed by atoms with van der Waals surface area (Å²) in [5.41, 5.74) is 2.77. The van der Waals surface area contributed by atoms with Gasteiger partial charge in [-0.05, 0) is 98.4 Å². The number of rotatable bonds is 34. The highest BCUT2D eigenvalue weighted by Crippen LogP contribution is 2.62. The van der Waals surface area contributed by atoms with Crippen molar-refractivity contribution in [2.75, 3.05) is 59.3 Å². The number of oxime groups is 1. The van der Waals surface area contributed by atoms with Crippen molar-refractivity contribution < 1.29 is 53.6 Å². The van der Waals surface area contributed by atoms with Gasteiger partial charge in [0.15, 0.2) is 0 Å². The number of benzene rings is 2. The lowest BCUT2D eigenvalue weighted by molar-refractivity contribution is -0.384. The van der Waals surface area contributed by atoms with Gasteiger partial charge < -0.3 is 49.3 Å². The third kappa shape index (κ3) is 16.2. The van der Waals surface area contributed by atoms with E-state index in [0.29, 0.717) is 42.2 Å². The monoisotopic (exact) mass is 989 g/mol. The molecule has 4 N–H and O–H groups in total. The van der Waals surface area contributed by atoms with Gasteiger partial charge in [-0.1, -0.05) is 94.9 Å². The zero-order valence-corrected chi connectivity index (χ0v) is 42.2. The molecule has 16 heteroatoms. The van der Waals surface area contributed by atoms with E-state index in [0.717, 1.165) is 56.1 Å². The largest absolute Gasteiger partial charge is 0.459 e. The maximum absolute atomic E-state index is 14.8. The topological polar surface area (TPSA) is 212 Å². The number of ether oxygens (including phenoxy) is 4. The van der Waals surface area contributed by atoms with Gasteiger partial charge >= 0.3 is 6.09 Å². The highest BCUT2D eigenvalue weighted by molar-refractivity contribution is 6.03. The van der Waals surface area contributed by atoms with Gasteiger partial charge in [-0.2, -0.15) is 0 Å². The Hall–Kier alpha value is -5.13. The molecule has 3 aliphatic rings. The number of hydrogen-bond donors (Lipinski definition) is 4. The van der Waals surface area contributed by atoms with E-state index < -0.39 is 34.7 Å². The van der Waals surface area contributed by atoms with Crippen LogP contribution in [0.4, 0.5) is 10.5 Å². The fourth-order valence-electron chi connectivity index (χ4n) is 10.5. The number of carbonyl (C=O) groups excluding carboxylic acids is 2. The highest BCUT2D eigenvalue weighted by atomic mass is 16.7. The lowest BCUT2D eigenvalue weighted by Crippen LogP contribution is -2.70. The lowest BCUT2D eigenvalue weighted by Gasteiger charge is -2.60. The predicted octanol–water partition coefficient (Wildman–Crippen LogP) is 9.81. The molecule has 1 aliphatic heterocycles. The number of hydrogen-bond acceptors (Lipinski definition) is 13. The fraction of sp³-hybridized carbons (Fsp3) is 0.618. The van der Waals surface area contributed by atoms with Crippen LogP contribution < -0.4 is 14.8 Å². The van der Waals surface area contributed by atoms with Gasteiger partial charge in [0.25, 0.3) is 5.69 Å². The minimum absolute atomic E-state index is 0.00824. The molecule has 0 unspecified atom stereocenters. The SMILES string of the molecule is C=CCO[C@@]12Oc3ccc(OC(=O)NCCCCCCCCCCCC)cc3[C@H]3[C@H](CCCCO)[C@@H](CCCCO)C=C(C(=NOCC)C[C@@H]1N(CCOCCO)C(=O)C=Cc1ccc([N+](=O)[O-])cc1)[C@H]32. The summed E-state index contributed by atoms with van der Waals surface area (Å²) in [5, 5.41) is 48.6. The fourth-order valence-corrected chi connectivity index (χ4v) is 10.5. The Labute approximate surface area is 420 Å². The van der Waals surface area contributed by atoms with Crippen molar-refractivity contribution in [3.05, 3.63) is 94.1 Å². The molecule has 1 fully saturated rings. The molecule has 392 valence electrons. The molecule has 16 nitrogen and oxygen atoms in total. The zero-order valence-electron chi connectivity index (χ0n) is 42.2. The number of unbranched alkanes of at least 4 members (excludes halogenated alkanes) is 11. The van der Waals surface area contributed by atoms with Gasteiger partial charge in [-0.15, -0.1) is 6.58 Å². The molecule has 1 saturated carbocycles. The maximum Gasteiger partial charge on any atom is 0.412 e. The van der Waals surface area contributed by atoms with Gasteiger partial charge in [0.05, 0.1) is 43.0 Å². The Morgan fingerprint density at radius 3 is 2.28 bits per heavy atom. The number of nitrogens with one attached hydrogen (secondary N) is 1. The van der Waals surface area contributed by atoms with Crippen LogP contribution in [0.2, 0.25) is 0 Å². The first-order chi connectivity index (χ1) is 34.7. The van der Waals surface area contributed by atoms with Crippen LogP contribution in [0.5, 0.6) is 11.5 Å². The van der Waals surface area contributed by atoms with Crippen molar-refractivity contribution in [1.82, 2.24) is 10.2 Å². The van der Waals surface area contributed by atoms with Crippen LogP contribution in [0.3, 0.4) is 0 Å². The first kappa shape index (κ1) is 56.8. The molecule has 1 heterocycles. The molecule has 2 aromatic carbocycles. The average Bonchev–Trinajstić information content (AvgIpc) is 3.37. The molecule has 5 rings (SSSR count). The second-order valence-corrected chi connectivity index (χ2v) is 18.7. The molecule has 2 aliphatic carbocycles. The minimum atomic E-state index is -1.56. The molecule has 0 radical (unpaired) electrons. The number of nitrogens with zero attached hydrogens (tertiary/aromatic N) is 3. The molecule has 2 amide bonds. The van der Waals surface area contributed by atoms with Crippen molar-refractivity contribution in [1.29, 1.82) is 0 Å². The van der Waals surface area contributed by atoms with Crippen molar-refractivity contribution >= 4 is 29.5 Å². The molecular weight excluding hydrogens is 909 g/mol. The summed E-state index contributed by atoms with van der Waals surface area (Å²) in [7, 11) is 0. The van der Waals surface area contributed by atoms with Gasteiger partial charge in [-0.25, -0.2) is 4.79 Å². The van der Waals surface area contributed by atoms with Crippen molar-refractivity contribution in [2.45, 2.75) is 141 Å². The summed E-state index contributed by atoms with van der Waals surface area (Å²) >= 11 is 0. The number of non-ortho nitro benzene ring substituents is 1. The number of aliphatic hydroxyl groups is 3. The van der Waals surface area contributed by atoms with E-state index in [-0.39, 0.29) is 82.7 Å². The van der Waals surface area contributed by atoms with E-state index in [4.69, 9.17) is 28.9 Å². The molecule has 2 aromatic rings. The third-order valence-corrected chi connectivity index (χ3v) is 13.9. The van der Waals surface area contributed by atoms with E-state index in [1.54, 1.807) is 41.3 Å². The van der Waals surface area contributed by atoms with E-state index >= 15 is 0 Å². The van der Waals surface area contributed by atoms with Gasteiger partial charge in [0.1, 0.15) is 24.1 Å². The smallest absolute Gasteiger partial charge is 0.412 e. The number of carbonyl (C=O) groups is 2. The van der Waals surface area contributed by atoms with E-state index in [1.807, 2.05) is 13.0 Å². The number of allylic oxidation sites excluding steroid dienone is 1. The second-order valence-electron chi connectivity index (χ2n) is 18.7. The molecular formula is C55H80N4O12. The van der Waals surface area contributed by atoms with Gasteiger partial charge in [-0.3, -0.25) is 14.9 Å². The molecule has 71 heavy (non-hydrogen) atoms. The van der Waals surface area contributed by atoms with Crippen LogP contribution in [-0.4, -0.2) is 114 Å². The molecule has 6 atom stereocenters. The Balaban J connectivity index is 1.57. The Kier molecular flexibility index (Phi) is 24.5. The molecule has 0 bridgehead atoms. The summed E-state index contributed by atoms with van der Waals surface area (Å²) in [6.45, 7) is 8.98. The first-order valence-electron chi connectivity index (χ1n) is 26.2.